The molecule has 5 nitrogen and oxygen atoms in total. The summed E-state index contributed by atoms with van der Waals surface area (Å²) < 4.78 is 34.1. The van der Waals surface area contributed by atoms with Gasteiger partial charge in [-0.25, -0.2) is 0 Å². The number of rotatable bonds is 8. The average molecular weight is 376 g/mol. The molecule has 0 fully saturated rings. The minimum absolute atomic E-state index is 0.0632. The molecule has 0 aromatic heterocycles. The molecule has 144 valence electrons. The van der Waals surface area contributed by atoms with Gasteiger partial charge in [-0.3, -0.25) is 4.79 Å². The van der Waals surface area contributed by atoms with E-state index < -0.39 is 6.61 Å². The Labute approximate surface area is 157 Å². The van der Waals surface area contributed by atoms with Crippen molar-refractivity contribution in [1.82, 2.24) is 4.90 Å². The monoisotopic (exact) mass is 376 g/mol. The molecular formula is C20H22F2N2O3. The summed E-state index contributed by atoms with van der Waals surface area (Å²) >= 11 is 0. The van der Waals surface area contributed by atoms with Gasteiger partial charge in [0, 0.05) is 18.3 Å². The maximum atomic E-state index is 12.4. The highest BCUT2D eigenvalue weighted by Gasteiger charge is 2.10. The van der Waals surface area contributed by atoms with Gasteiger partial charge in [-0.05, 0) is 49.5 Å². The predicted molar refractivity (Wildman–Crippen MR) is 101 cm³/mol. The lowest BCUT2D eigenvalue weighted by atomic mass is 10.1. The Morgan fingerprint density at radius 1 is 1.19 bits per heavy atom. The number of alkyl halides is 2. The highest BCUT2D eigenvalue weighted by molar-refractivity contribution is 6.02. The number of amides is 1. The van der Waals surface area contributed by atoms with E-state index in [1.165, 1.54) is 25.3 Å². The molecule has 0 radical (unpaired) electrons. The quantitative estimate of drug-likeness (QED) is 0.708. The average Bonchev–Trinajstić information content (AvgIpc) is 2.61. The van der Waals surface area contributed by atoms with Crippen LogP contribution in [0.3, 0.4) is 0 Å². The van der Waals surface area contributed by atoms with Gasteiger partial charge in [-0.2, -0.15) is 8.78 Å². The number of para-hydroxylation sites is 1. The van der Waals surface area contributed by atoms with Gasteiger partial charge in [0.2, 0.25) is 5.91 Å². The first-order valence-electron chi connectivity index (χ1n) is 8.23. The molecule has 2 rings (SSSR count). The molecule has 0 bridgehead atoms. The standard InChI is InChI=1S/C20H22F2N2O3/c1-24(2)13-15-6-4-5-7-16(15)23-19(25)11-9-14-8-10-17(27-20(21)22)18(12-14)26-3/h4-12,20H,13H2,1-3H3,(H,23,25)/b11-9+. The van der Waals surface area contributed by atoms with E-state index in [0.29, 0.717) is 12.1 Å². The first-order chi connectivity index (χ1) is 12.9. The van der Waals surface area contributed by atoms with Gasteiger partial charge < -0.3 is 19.7 Å². The molecule has 0 saturated heterocycles. The zero-order valence-electron chi connectivity index (χ0n) is 15.4. The summed E-state index contributed by atoms with van der Waals surface area (Å²) in [5, 5.41) is 2.84. The number of hydrogen-bond donors (Lipinski definition) is 1. The number of anilines is 1. The summed E-state index contributed by atoms with van der Waals surface area (Å²) in [6.07, 6.45) is 2.94. The van der Waals surface area contributed by atoms with Crippen molar-refractivity contribution in [2.45, 2.75) is 13.2 Å². The second kappa shape index (κ2) is 9.68. The zero-order chi connectivity index (χ0) is 19.8. The van der Waals surface area contributed by atoms with E-state index >= 15 is 0 Å². The molecule has 1 N–H and O–H groups in total. The van der Waals surface area contributed by atoms with E-state index in [-0.39, 0.29) is 17.4 Å². The molecule has 7 heteroatoms. The lowest BCUT2D eigenvalue weighted by Crippen LogP contribution is -2.15. The van der Waals surface area contributed by atoms with Crippen LogP contribution in [0.5, 0.6) is 11.5 Å². The third-order valence-corrected chi connectivity index (χ3v) is 3.59. The van der Waals surface area contributed by atoms with E-state index in [9.17, 15) is 13.6 Å². The van der Waals surface area contributed by atoms with E-state index in [2.05, 4.69) is 10.1 Å². The molecular weight excluding hydrogens is 354 g/mol. The minimum Gasteiger partial charge on any atom is -0.493 e. The smallest absolute Gasteiger partial charge is 0.387 e. The Bertz CT molecular complexity index is 808. The fraction of sp³-hybridized carbons (Fsp3) is 0.250. The number of nitrogens with one attached hydrogen (secondary N) is 1. The molecule has 0 unspecified atom stereocenters. The summed E-state index contributed by atoms with van der Waals surface area (Å²) in [7, 11) is 5.26. The van der Waals surface area contributed by atoms with Crippen LogP contribution >= 0.6 is 0 Å². The van der Waals surface area contributed by atoms with Crippen molar-refractivity contribution in [3.8, 4) is 11.5 Å². The van der Waals surface area contributed by atoms with Crippen molar-refractivity contribution >= 4 is 17.7 Å². The lowest BCUT2D eigenvalue weighted by Gasteiger charge is -2.14. The number of carbonyl (C=O) groups excluding carboxylic acids is 1. The van der Waals surface area contributed by atoms with E-state index in [4.69, 9.17) is 4.74 Å². The summed E-state index contributed by atoms with van der Waals surface area (Å²) in [5.74, 6) is -0.200. The minimum atomic E-state index is -2.94. The van der Waals surface area contributed by atoms with Gasteiger partial charge in [0.25, 0.3) is 0 Å². The largest absolute Gasteiger partial charge is 0.493 e. The van der Waals surface area contributed by atoms with Gasteiger partial charge in [-0.1, -0.05) is 24.3 Å². The Morgan fingerprint density at radius 3 is 2.59 bits per heavy atom. The molecule has 0 saturated carbocycles. The molecule has 0 heterocycles. The third kappa shape index (κ3) is 6.38. The van der Waals surface area contributed by atoms with Crippen molar-refractivity contribution in [3.05, 3.63) is 59.7 Å². The highest BCUT2D eigenvalue weighted by Crippen LogP contribution is 2.29. The maximum Gasteiger partial charge on any atom is 0.387 e. The summed E-state index contributed by atoms with van der Waals surface area (Å²) in [4.78, 5) is 14.2. The van der Waals surface area contributed by atoms with E-state index in [1.807, 2.05) is 43.3 Å². The van der Waals surface area contributed by atoms with Crippen LogP contribution in [-0.2, 0) is 11.3 Å². The first-order valence-corrected chi connectivity index (χ1v) is 8.23. The molecule has 0 aliphatic carbocycles. The van der Waals surface area contributed by atoms with Crippen molar-refractivity contribution in [2.24, 2.45) is 0 Å². The maximum absolute atomic E-state index is 12.4. The fourth-order valence-electron chi connectivity index (χ4n) is 2.45. The number of carbonyl (C=O) groups is 1. The Balaban J connectivity index is 2.09. The number of halogens is 2. The lowest BCUT2D eigenvalue weighted by molar-refractivity contribution is -0.111. The van der Waals surface area contributed by atoms with Crippen molar-refractivity contribution in [1.29, 1.82) is 0 Å². The summed E-state index contributed by atoms with van der Waals surface area (Å²) in [6, 6.07) is 12.0. The SMILES string of the molecule is COc1cc(/C=C/C(=O)Nc2ccccc2CN(C)C)ccc1OC(F)F. The van der Waals surface area contributed by atoms with Crippen molar-refractivity contribution in [2.75, 3.05) is 26.5 Å². The second-order valence-electron chi connectivity index (χ2n) is 6.01. The van der Waals surface area contributed by atoms with Gasteiger partial charge in [-0.15, -0.1) is 0 Å². The van der Waals surface area contributed by atoms with Gasteiger partial charge >= 0.3 is 6.61 Å². The number of ether oxygens (including phenoxy) is 2. The van der Waals surface area contributed by atoms with Crippen LogP contribution in [0.25, 0.3) is 6.08 Å². The van der Waals surface area contributed by atoms with Gasteiger partial charge in [0.1, 0.15) is 0 Å². The molecule has 1 amide bonds. The Morgan fingerprint density at radius 2 is 1.93 bits per heavy atom. The van der Waals surface area contributed by atoms with Crippen LogP contribution in [0.1, 0.15) is 11.1 Å². The van der Waals surface area contributed by atoms with Gasteiger partial charge in [0.15, 0.2) is 11.5 Å². The number of nitrogens with zero attached hydrogens (tertiary/aromatic N) is 1. The predicted octanol–water partition coefficient (Wildman–Crippen LogP) is 4.01. The summed E-state index contributed by atoms with van der Waals surface area (Å²) in [6.45, 7) is -2.24. The van der Waals surface area contributed by atoms with Crippen molar-refractivity contribution < 1.29 is 23.0 Å². The highest BCUT2D eigenvalue weighted by atomic mass is 19.3. The topological polar surface area (TPSA) is 50.8 Å². The van der Waals surface area contributed by atoms with Crippen LogP contribution in [-0.4, -0.2) is 38.6 Å². The number of methoxy groups -OCH3 is 1. The molecule has 2 aromatic carbocycles. The molecule has 0 aliphatic rings. The zero-order valence-corrected chi connectivity index (χ0v) is 15.4. The number of hydrogen-bond acceptors (Lipinski definition) is 4. The Hall–Kier alpha value is -2.93. The number of benzene rings is 2. The molecule has 0 aliphatic heterocycles. The van der Waals surface area contributed by atoms with Gasteiger partial charge in [0.05, 0.1) is 7.11 Å². The molecule has 0 atom stereocenters. The normalized spacial score (nSPS) is 11.2. The second-order valence-corrected chi connectivity index (χ2v) is 6.01. The van der Waals surface area contributed by atoms with Crippen LogP contribution in [0.15, 0.2) is 48.5 Å². The van der Waals surface area contributed by atoms with E-state index in [1.54, 1.807) is 12.1 Å². The van der Waals surface area contributed by atoms with Crippen LogP contribution in [0, 0.1) is 0 Å². The first kappa shape index (κ1) is 20.4. The third-order valence-electron chi connectivity index (χ3n) is 3.59. The fourth-order valence-corrected chi connectivity index (χ4v) is 2.45. The molecule has 0 spiro atoms. The molecule has 2 aromatic rings. The van der Waals surface area contributed by atoms with Crippen LogP contribution < -0.4 is 14.8 Å². The summed E-state index contributed by atoms with van der Waals surface area (Å²) in [5.41, 5.74) is 2.35. The van der Waals surface area contributed by atoms with Crippen molar-refractivity contribution in [3.63, 3.8) is 0 Å². The van der Waals surface area contributed by atoms with E-state index in [0.717, 1.165) is 11.3 Å². The van der Waals surface area contributed by atoms with Crippen LogP contribution in [0.4, 0.5) is 14.5 Å². The van der Waals surface area contributed by atoms with Crippen LogP contribution in [0.2, 0.25) is 0 Å². The molecule has 27 heavy (non-hydrogen) atoms. The Kier molecular flexibility index (Phi) is 7.31.